The summed E-state index contributed by atoms with van der Waals surface area (Å²) in [5.41, 5.74) is 1.86. The first kappa shape index (κ1) is 17.8. The summed E-state index contributed by atoms with van der Waals surface area (Å²) >= 11 is 1.43. The fourth-order valence-corrected chi connectivity index (χ4v) is 4.35. The molecule has 6 nitrogen and oxygen atoms in total. The number of rotatable bonds is 4. The molecule has 7 heteroatoms. The molecular formula is C19H23N3O3S. The summed E-state index contributed by atoms with van der Waals surface area (Å²) < 4.78 is 11.3. The largest absolute Gasteiger partial charge is 0.350 e. The van der Waals surface area contributed by atoms with Crippen molar-refractivity contribution in [2.75, 3.05) is 32.6 Å². The number of aromatic nitrogens is 1. The fraction of sp³-hybridized carbons (Fsp3) is 0.632. The monoisotopic (exact) mass is 373 g/mol. The lowest BCUT2D eigenvalue weighted by atomic mass is 9.96. The first-order valence-corrected chi connectivity index (χ1v) is 10.4. The Morgan fingerprint density at radius 2 is 2.12 bits per heavy atom. The van der Waals surface area contributed by atoms with Crippen LogP contribution in [0.5, 0.6) is 0 Å². The third-order valence-corrected chi connectivity index (χ3v) is 6.00. The van der Waals surface area contributed by atoms with Gasteiger partial charge in [-0.15, -0.1) is 11.8 Å². The van der Waals surface area contributed by atoms with Crippen LogP contribution in [0, 0.1) is 17.2 Å². The second kappa shape index (κ2) is 7.55. The second-order valence-corrected chi connectivity index (χ2v) is 7.92. The fourth-order valence-electron chi connectivity index (χ4n) is 3.79. The molecule has 0 N–H and O–H groups in total. The molecule has 3 aliphatic rings. The number of amides is 1. The van der Waals surface area contributed by atoms with Gasteiger partial charge in [0, 0.05) is 30.6 Å². The lowest BCUT2D eigenvalue weighted by Gasteiger charge is -2.35. The Morgan fingerprint density at radius 1 is 1.35 bits per heavy atom. The molecule has 138 valence electrons. The molecule has 1 aromatic heterocycles. The van der Waals surface area contributed by atoms with E-state index in [2.05, 4.69) is 11.1 Å². The molecule has 1 aliphatic carbocycles. The van der Waals surface area contributed by atoms with E-state index in [-0.39, 0.29) is 18.1 Å². The van der Waals surface area contributed by atoms with Gasteiger partial charge in [-0.3, -0.25) is 4.79 Å². The zero-order valence-corrected chi connectivity index (χ0v) is 15.8. The first-order valence-electron chi connectivity index (χ1n) is 9.22. The van der Waals surface area contributed by atoms with E-state index in [0.717, 1.165) is 31.4 Å². The van der Waals surface area contributed by atoms with E-state index in [1.54, 1.807) is 0 Å². The summed E-state index contributed by atoms with van der Waals surface area (Å²) in [7, 11) is 0. The highest BCUT2D eigenvalue weighted by Gasteiger charge is 2.35. The summed E-state index contributed by atoms with van der Waals surface area (Å²) in [5.74, 6) is 0.573. The Bertz CT molecular complexity index is 738. The van der Waals surface area contributed by atoms with Crippen LogP contribution in [0.15, 0.2) is 11.1 Å². The Kier molecular flexibility index (Phi) is 5.16. The topological polar surface area (TPSA) is 75.5 Å². The minimum Gasteiger partial charge on any atom is -0.350 e. The first-order chi connectivity index (χ1) is 12.7. The quantitative estimate of drug-likeness (QED) is 0.756. The normalized spacial score (nSPS) is 23.8. The third kappa shape index (κ3) is 3.46. The maximum absolute atomic E-state index is 13.3. The van der Waals surface area contributed by atoms with Crippen molar-refractivity contribution in [3.8, 4) is 6.07 Å². The van der Waals surface area contributed by atoms with Crippen LogP contribution in [-0.4, -0.2) is 54.6 Å². The van der Waals surface area contributed by atoms with Crippen LogP contribution in [0.3, 0.4) is 0 Å². The van der Waals surface area contributed by atoms with E-state index >= 15 is 0 Å². The zero-order valence-electron chi connectivity index (χ0n) is 14.9. The number of likely N-dealkylation sites (tertiary alicyclic amines) is 1. The molecule has 1 aromatic rings. The van der Waals surface area contributed by atoms with Gasteiger partial charge in [0.25, 0.3) is 5.91 Å². The molecule has 0 aromatic carbocycles. The molecule has 3 heterocycles. The molecule has 1 unspecified atom stereocenters. The number of carbonyl (C=O) groups excluding carboxylic acids is 1. The number of thioether (sulfide) groups is 1. The summed E-state index contributed by atoms with van der Waals surface area (Å²) in [6.07, 6.45) is 5.85. The smallest absolute Gasteiger partial charge is 0.255 e. The number of hydrogen-bond donors (Lipinski definition) is 0. The molecular weight excluding hydrogens is 350 g/mol. The van der Waals surface area contributed by atoms with E-state index in [0.29, 0.717) is 48.4 Å². The molecule has 1 atom stereocenters. The molecule has 3 fully saturated rings. The number of nitriles is 1. The van der Waals surface area contributed by atoms with Gasteiger partial charge in [0.05, 0.1) is 24.3 Å². The Morgan fingerprint density at radius 3 is 2.77 bits per heavy atom. The van der Waals surface area contributed by atoms with Gasteiger partial charge in [0.1, 0.15) is 11.1 Å². The lowest BCUT2D eigenvalue weighted by Crippen LogP contribution is -2.44. The van der Waals surface area contributed by atoms with Crippen LogP contribution in [0.25, 0.3) is 0 Å². The van der Waals surface area contributed by atoms with Crippen LogP contribution in [-0.2, 0) is 9.47 Å². The number of carbonyl (C=O) groups is 1. The summed E-state index contributed by atoms with van der Waals surface area (Å²) in [6, 6.07) is 4.06. The molecule has 0 bridgehead atoms. The van der Waals surface area contributed by atoms with Gasteiger partial charge in [0.15, 0.2) is 6.29 Å². The van der Waals surface area contributed by atoms with Crippen molar-refractivity contribution in [2.45, 2.75) is 42.9 Å². The maximum atomic E-state index is 13.3. The van der Waals surface area contributed by atoms with Gasteiger partial charge in [-0.25, -0.2) is 4.98 Å². The Labute approximate surface area is 157 Å². The predicted molar refractivity (Wildman–Crippen MR) is 97.0 cm³/mol. The minimum atomic E-state index is -0.206. The minimum absolute atomic E-state index is 0.0659. The molecule has 2 aliphatic heterocycles. The number of hydrogen-bond acceptors (Lipinski definition) is 6. The van der Waals surface area contributed by atoms with Crippen LogP contribution in [0.2, 0.25) is 0 Å². The SMILES string of the molecule is CSc1nc(C2CC2)cc(C(=O)N2CCCC(C3OCCO3)C2)c1C#N. The van der Waals surface area contributed by atoms with E-state index in [4.69, 9.17) is 9.47 Å². The number of piperidine rings is 1. The third-order valence-electron chi connectivity index (χ3n) is 5.31. The van der Waals surface area contributed by atoms with Crippen molar-refractivity contribution in [3.05, 3.63) is 22.9 Å². The Hall–Kier alpha value is -1.62. The van der Waals surface area contributed by atoms with Crippen molar-refractivity contribution in [1.82, 2.24) is 9.88 Å². The zero-order chi connectivity index (χ0) is 18.1. The molecule has 26 heavy (non-hydrogen) atoms. The average Bonchev–Trinajstić information content (AvgIpc) is 3.40. The van der Waals surface area contributed by atoms with Gasteiger partial charge in [0.2, 0.25) is 0 Å². The van der Waals surface area contributed by atoms with Crippen LogP contribution in [0.1, 0.15) is 53.2 Å². The van der Waals surface area contributed by atoms with Gasteiger partial charge in [-0.1, -0.05) is 0 Å². The highest BCUT2D eigenvalue weighted by atomic mass is 32.2. The van der Waals surface area contributed by atoms with Gasteiger partial charge < -0.3 is 14.4 Å². The standard InChI is InChI=1S/C19H23N3O3S/c1-26-17-15(10-20)14(9-16(21-17)12-4-5-12)18(23)22-6-2-3-13(11-22)19-24-7-8-25-19/h9,12-13,19H,2-8,11H2,1H3. The number of nitrogens with zero attached hydrogens (tertiary/aromatic N) is 3. The Balaban J connectivity index is 1.60. The molecule has 0 spiro atoms. The molecule has 0 radical (unpaired) electrons. The van der Waals surface area contributed by atoms with E-state index in [9.17, 15) is 10.1 Å². The van der Waals surface area contributed by atoms with Crippen molar-refractivity contribution in [1.29, 1.82) is 5.26 Å². The van der Waals surface area contributed by atoms with Gasteiger partial charge in [-0.2, -0.15) is 5.26 Å². The van der Waals surface area contributed by atoms with Crippen LogP contribution < -0.4 is 0 Å². The highest BCUT2D eigenvalue weighted by Crippen LogP contribution is 2.41. The summed E-state index contributed by atoms with van der Waals surface area (Å²) in [5, 5.41) is 10.3. The predicted octanol–water partition coefficient (Wildman–Crippen LogP) is 2.78. The molecule has 1 amide bonds. The number of ether oxygens (including phenoxy) is 2. The van der Waals surface area contributed by atoms with Crippen LogP contribution >= 0.6 is 11.8 Å². The molecule has 1 saturated carbocycles. The van der Waals surface area contributed by atoms with Crippen molar-refractivity contribution in [2.24, 2.45) is 5.92 Å². The highest BCUT2D eigenvalue weighted by molar-refractivity contribution is 7.98. The summed E-state index contributed by atoms with van der Waals surface area (Å²) in [4.78, 5) is 19.7. The van der Waals surface area contributed by atoms with Gasteiger partial charge in [-0.05, 0) is 38.0 Å². The number of pyridine rings is 1. The second-order valence-electron chi connectivity index (χ2n) is 7.13. The van der Waals surface area contributed by atoms with E-state index < -0.39 is 0 Å². The van der Waals surface area contributed by atoms with E-state index in [1.165, 1.54) is 11.8 Å². The maximum Gasteiger partial charge on any atom is 0.255 e. The lowest BCUT2D eigenvalue weighted by molar-refractivity contribution is -0.0969. The van der Waals surface area contributed by atoms with E-state index in [1.807, 2.05) is 17.2 Å². The van der Waals surface area contributed by atoms with Crippen molar-refractivity contribution >= 4 is 17.7 Å². The molecule has 4 rings (SSSR count). The van der Waals surface area contributed by atoms with Gasteiger partial charge >= 0.3 is 0 Å². The van der Waals surface area contributed by atoms with Crippen molar-refractivity contribution in [3.63, 3.8) is 0 Å². The van der Waals surface area contributed by atoms with Crippen molar-refractivity contribution < 1.29 is 14.3 Å². The summed E-state index contributed by atoms with van der Waals surface area (Å²) in [6.45, 7) is 2.58. The average molecular weight is 373 g/mol. The van der Waals surface area contributed by atoms with Crippen LogP contribution in [0.4, 0.5) is 0 Å². The molecule has 2 saturated heterocycles.